The van der Waals surface area contributed by atoms with E-state index in [-0.39, 0.29) is 16.9 Å². The number of para-hydroxylation sites is 1. The Balaban J connectivity index is 2.02. The number of nitro groups is 1. The average Bonchev–Trinajstić information content (AvgIpc) is 3.31. The van der Waals surface area contributed by atoms with Gasteiger partial charge >= 0.3 is 0 Å². The summed E-state index contributed by atoms with van der Waals surface area (Å²) < 4.78 is 7.00. The number of allylic oxidation sites excluding steroid dienone is 1. The molecule has 1 heterocycles. The minimum Gasteiger partial charge on any atom is -0.496 e. The summed E-state index contributed by atoms with van der Waals surface area (Å²) in [6, 6.07) is 15.5. The summed E-state index contributed by atoms with van der Waals surface area (Å²) >= 11 is 3.42. The van der Waals surface area contributed by atoms with Gasteiger partial charge in [0.2, 0.25) is 0 Å². The fourth-order valence-electron chi connectivity index (χ4n) is 2.68. The molecular weight excluding hydrogens is 454 g/mol. The molecule has 3 aromatic rings. The van der Waals surface area contributed by atoms with Gasteiger partial charge in [0, 0.05) is 35.7 Å². The molecule has 0 spiro atoms. The number of aromatic nitrogens is 1. The van der Waals surface area contributed by atoms with Crippen LogP contribution < -0.4 is 10.1 Å². The van der Waals surface area contributed by atoms with Crippen LogP contribution in [0.25, 0.3) is 4.48 Å². The molecule has 0 atom stereocenters. The quantitative estimate of drug-likeness (QED) is 0.330. The highest BCUT2D eigenvalue weighted by atomic mass is 79.9. The van der Waals surface area contributed by atoms with Gasteiger partial charge in [-0.25, -0.2) is 0 Å². The summed E-state index contributed by atoms with van der Waals surface area (Å²) in [5, 5.41) is 13.4. The van der Waals surface area contributed by atoms with Crippen molar-refractivity contribution in [2.45, 2.75) is 0 Å². The summed E-state index contributed by atoms with van der Waals surface area (Å²) in [6.07, 6.45) is 3.12. The molecule has 152 valence electrons. The van der Waals surface area contributed by atoms with Crippen molar-refractivity contribution in [2.24, 2.45) is 0 Å². The number of hydrogen-bond acceptors (Lipinski definition) is 5. The molecule has 0 radical (unpaired) electrons. The van der Waals surface area contributed by atoms with Gasteiger partial charge in [0.1, 0.15) is 11.4 Å². The summed E-state index contributed by atoms with van der Waals surface area (Å²) in [6.45, 7) is 0. The largest absolute Gasteiger partial charge is 0.496 e. The minimum atomic E-state index is -0.591. The summed E-state index contributed by atoms with van der Waals surface area (Å²) in [4.78, 5) is 36.1. The van der Waals surface area contributed by atoms with Gasteiger partial charge in [-0.1, -0.05) is 18.2 Å². The molecule has 0 bridgehead atoms. The van der Waals surface area contributed by atoms with Crippen molar-refractivity contribution in [3.63, 3.8) is 0 Å². The van der Waals surface area contributed by atoms with Crippen LogP contribution in [0, 0.1) is 10.1 Å². The van der Waals surface area contributed by atoms with Crippen molar-refractivity contribution in [3.8, 4) is 5.75 Å². The SMILES string of the molecule is COc1ccccc1/C(Br)=C(\NC(=O)c1ccc([N+](=O)[O-])cc1)C(=O)n1cccc1. The van der Waals surface area contributed by atoms with E-state index in [2.05, 4.69) is 21.2 Å². The topological polar surface area (TPSA) is 103 Å². The zero-order valence-electron chi connectivity index (χ0n) is 15.7. The Bertz CT molecular complexity index is 1120. The van der Waals surface area contributed by atoms with E-state index in [1.807, 2.05) is 0 Å². The molecule has 0 aliphatic heterocycles. The second kappa shape index (κ2) is 9.19. The highest BCUT2D eigenvalue weighted by Gasteiger charge is 2.22. The van der Waals surface area contributed by atoms with E-state index in [1.54, 1.807) is 48.8 Å². The van der Waals surface area contributed by atoms with E-state index in [4.69, 9.17) is 4.74 Å². The second-order valence-electron chi connectivity index (χ2n) is 6.04. The van der Waals surface area contributed by atoms with Crippen LogP contribution in [0.5, 0.6) is 5.75 Å². The number of non-ortho nitro benzene ring substituents is 1. The lowest BCUT2D eigenvalue weighted by atomic mass is 10.1. The smallest absolute Gasteiger partial charge is 0.279 e. The van der Waals surface area contributed by atoms with Crippen molar-refractivity contribution < 1.29 is 19.2 Å². The number of halogens is 1. The molecular formula is C21H16BrN3O5. The molecule has 9 heteroatoms. The molecule has 2 aromatic carbocycles. The van der Waals surface area contributed by atoms with E-state index in [0.717, 1.165) is 0 Å². The molecule has 0 unspecified atom stereocenters. The predicted molar refractivity (Wildman–Crippen MR) is 114 cm³/mol. The van der Waals surface area contributed by atoms with Crippen molar-refractivity contribution in [1.82, 2.24) is 9.88 Å². The van der Waals surface area contributed by atoms with Crippen LogP contribution in [0.3, 0.4) is 0 Å². The molecule has 0 fully saturated rings. The summed E-state index contributed by atoms with van der Waals surface area (Å²) in [5.41, 5.74) is 0.582. The van der Waals surface area contributed by atoms with Crippen molar-refractivity contribution in [2.75, 3.05) is 7.11 Å². The second-order valence-corrected chi connectivity index (χ2v) is 6.84. The van der Waals surface area contributed by atoms with Gasteiger partial charge in [-0.2, -0.15) is 0 Å². The van der Waals surface area contributed by atoms with E-state index in [9.17, 15) is 19.7 Å². The van der Waals surface area contributed by atoms with Gasteiger partial charge in [0.05, 0.1) is 16.5 Å². The lowest BCUT2D eigenvalue weighted by molar-refractivity contribution is -0.384. The Labute approximate surface area is 180 Å². The molecule has 1 N–H and O–H groups in total. The number of carbonyl (C=O) groups is 2. The number of hydrogen-bond donors (Lipinski definition) is 1. The summed E-state index contributed by atoms with van der Waals surface area (Å²) in [5.74, 6) is -0.563. The van der Waals surface area contributed by atoms with E-state index in [0.29, 0.717) is 15.8 Å². The third kappa shape index (κ3) is 4.47. The molecule has 3 rings (SSSR count). The van der Waals surface area contributed by atoms with E-state index >= 15 is 0 Å². The standard InChI is InChI=1S/C21H16BrN3O5/c1-30-17-7-3-2-6-16(17)18(22)19(21(27)24-12-4-5-13-24)23-20(26)14-8-10-15(11-9-14)25(28)29/h2-13H,1H3,(H,23,26)/b19-18+. The number of ether oxygens (including phenoxy) is 1. The molecule has 0 saturated carbocycles. The fraction of sp³-hybridized carbons (Fsp3) is 0.0476. The first kappa shape index (κ1) is 21.0. The average molecular weight is 470 g/mol. The van der Waals surface area contributed by atoms with Crippen molar-refractivity contribution in [1.29, 1.82) is 0 Å². The number of nitro benzene ring substituents is 1. The van der Waals surface area contributed by atoms with Crippen LogP contribution in [0.15, 0.2) is 78.8 Å². The first-order valence-corrected chi connectivity index (χ1v) is 9.48. The normalized spacial score (nSPS) is 11.4. The third-order valence-electron chi connectivity index (χ3n) is 4.19. The monoisotopic (exact) mass is 469 g/mol. The van der Waals surface area contributed by atoms with Crippen LogP contribution in [0.4, 0.5) is 5.69 Å². The predicted octanol–water partition coefficient (Wildman–Crippen LogP) is 4.24. The molecule has 0 aliphatic rings. The van der Waals surface area contributed by atoms with Gasteiger partial charge < -0.3 is 10.1 Å². The maximum Gasteiger partial charge on any atom is 0.279 e. The first-order valence-electron chi connectivity index (χ1n) is 8.69. The number of amides is 1. The Kier molecular flexibility index (Phi) is 6.43. The summed E-state index contributed by atoms with van der Waals surface area (Å²) in [7, 11) is 1.50. The highest BCUT2D eigenvalue weighted by molar-refractivity contribution is 9.15. The first-order chi connectivity index (χ1) is 14.4. The van der Waals surface area contributed by atoms with Gasteiger partial charge in [0.15, 0.2) is 0 Å². The molecule has 0 aliphatic carbocycles. The van der Waals surface area contributed by atoms with Crippen molar-refractivity contribution >= 4 is 37.9 Å². The van der Waals surface area contributed by atoms with Crippen LogP contribution >= 0.6 is 15.9 Å². The number of nitrogens with one attached hydrogen (secondary N) is 1. The Morgan fingerprint density at radius 2 is 1.67 bits per heavy atom. The zero-order chi connectivity index (χ0) is 21.7. The molecule has 30 heavy (non-hydrogen) atoms. The van der Waals surface area contributed by atoms with Gasteiger partial charge in [0.25, 0.3) is 17.5 Å². The number of nitrogens with zero attached hydrogens (tertiary/aromatic N) is 2. The van der Waals surface area contributed by atoms with Crippen LogP contribution in [-0.2, 0) is 0 Å². The van der Waals surface area contributed by atoms with Gasteiger partial charge in [-0.05, 0) is 46.3 Å². The highest BCUT2D eigenvalue weighted by Crippen LogP contribution is 2.32. The number of rotatable bonds is 6. The van der Waals surface area contributed by atoms with Crippen LogP contribution in [0.1, 0.15) is 20.7 Å². The van der Waals surface area contributed by atoms with Crippen molar-refractivity contribution in [3.05, 3.63) is 100.0 Å². The lowest BCUT2D eigenvalue weighted by Gasteiger charge is -2.15. The van der Waals surface area contributed by atoms with Gasteiger partial charge in [-0.3, -0.25) is 24.3 Å². The maximum atomic E-state index is 13.1. The molecule has 0 saturated heterocycles. The van der Waals surface area contributed by atoms with E-state index in [1.165, 1.54) is 35.9 Å². The Hall–Kier alpha value is -3.72. The minimum absolute atomic E-state index is 0.0148. The lowest BCUT2D eigenvalue weighted by Crippen LogP contribution is -2.30. The maximum absolute atomic E-state index is 13.1. The number of benzene rings is 2. The molecule has 1 aromatic heterocycles. The zero-order valence-corrected chi connectivity index (χ0v) is 17.3. The Morgan fingerprint density at radius 3 is 2.27 bits per heavy atom. The fourth-order valence-corrected chi connectivity index (χ4v) is 3.28. The number of carbonyl (C=O) groups excluding carboxylic acids is 2. The molecule has 8 nitrogen and oxygen atoms in total. The Morgan fingerprint density at radius 1 is 1.03 bits per heavy atom. The van der Waals surface area contributed by atoms with E-state index < -0.39 is 16.7 Å². The number of methoxy groups -OCH3 is 1. The van der Waals surface area contributed by atoms with Crippen LogP contribution in [-0.4, -0.2) is 28.4 Å². The third-order valence-corrected chi connectivity index (χ3v) is 5.02. The van der Waals surface area contributed by atoms with Crippen LogP contribution in [0.2, 0.25) is 0 Å². The molecule has 1 amide bonds. The van der Waals surface area contributed by atoms with Gasteiger partial charge in [-0.15, -0.1) is 0 Å².